The molecule has 2 aromatic heterocycles. The molecule has 0 unspecified atom stereocenters. The number of anilines is 1. The Labute approximate surface area is 164 Å². The van der Waals surface area contributed by atoms with Crippen molar-refractivity contribution in [1.82, 2.24) is 25.2 Å². The number of hydrogen-bond donors (Lipinski definition) is 4. The summed E-state index contributed by atoms with van der Waals surface area (Å²) in [6, 6.07) is 4.52. The van der Waals surface area contributed by atoms with E-state index in [-0.39, 0.29) is 18.2 Å². The summed E-state index contributed by atoms with van der Waals surface area (Å²) in [6.45, 7) is -0.131. The first-order chi connectivity index (χ1) is 13.9. The van der Waals surface area contributed by atoms with Crippen molar-refractivity contribution in [3.8, 4) is 23.5 Å². The van der Waals surface area contributed by atoms with Gasteiger partial charge in [-0.05, 0) is 18.2 Å². The van der Waals surface area contributed by atoms with Crippen LogP contribution in [0.5, 0.6) is 11.6 Å². The third-order valence-electron chi connectivity index (χ3n) is 4.57. The molecule has 3 amide bonds. The van der Waals surface area contributed by atoms with Crippen LogP contribution in [0.3, 0.4) is 0 Å². The highest BCUT2D eigenvalue weighted by Crippen LogP contribution is 2.31. The van der Waals surface area contributed by atoms with E-state index in [4.69, 9.17) is 10.5 Å². The van der Waals surface area contributed by atoms with Gasteiger partial charge in [0.1, 0.15) is 17.9 Å². The minimum atomic E-state index is -1.62. The number of fused-ring (bicyclic) bond motifs is 1. The number of carbonyl (C=O) groups is 2. The minimum Gasteiger partial charge on any atom is -0.497 e. The summed E-state index contributed by atoms with van der Waals surface area (Å²) < 4.78 is 6.62. The molecule has 3 heterocycles. The van der Waals surface area contributed by atoms with Crippen LogP contribution in [-0.4, -0.2) is 44.2 Å². The topological polar surface area (TPSA) is 144 Å². The number of hydrogen-bond acceptors (Lipinski definition) is 7. The molecule has 1 aromatic carbocycles. The summed E-state index contributed by atoms with van der Waals surface area (Å²) in [5.41, 5.74) is 4.46. The maximum Gasteiger partial charge on any atom is 0.323 e. The minimum absolute atomic E-state index is 0.0865. The number of methoxy groups -OCH3 is 1. The number of nitrogens with two attached hydrogens (primary N) is 1. The Hall–Kier alpha value is -4.26. The molecule has 29 heavy (non-hydrogen) atoms. The first-order valence-electron chi connectivity index (χ1n) is 8.50. The number of urea groups is 1. The molecule has 0 spiro atoms. The van der Waals surface area contributed by atoms with Gasteiger partial charge in [-0.2, -0.15) is 0 Å². The number of carbonyl (C=O) groups excluding carboxylic acids is 2. The van der Waals surface area contributed by atoms with Crippen molar-refractivity contribution in [3.05, 3.63) is 42.5 Å². The number of aromatic nitrogens is 3. The zero-order valence-electron chi connectivity index (χ0n) is 15.3. The van der Waals surface area contributed by atoms with E-state index in [2.05, 4.69) is 32.4 Å². The van der Waals surface area contributed by atoms with Crippen molar-refractivity contribution in [2.75, 3.05) is 12.8 Å². The van der Waals surface area contributed by atoms with E-state index in [0.29, 0.717) is 16.7 Å². The van der Waals surface area contributed by atoms with E-state index >= 15 is 0 Å². The summed E-state index contributed by atoms with van der Waals surface area (Å²) in [5, 5.41) is 16.6. The summed E-state index contributed by atoms with van der Waals surface area (Å²) in [6.07, 6.45) is 4.34. The molecule has 4 rings (SSSR count). The monoisotopic (exact) mass is 392 g/mol. The number of imide groups is 1. The fourth-order valence-corrected chi connectivity index (χ4v) is 3.07. The number of aromatic hydroxyl groups is 1. The third kappa shape index (κ3) is 3.14. The second-order valence-corrected chi connectivity index (χ2v) is 6.42. The Morgan fingerprint density at radius 2 is 2.21 bits per heavy atom. The number of nitrogens with one attached hydrogen (secondary N) is 2. The number of ether oxygens (including phenoxy) is 1. The fourth-order valence-electron chi connectivity index (χ4n) is 3.07. The normalized spacial score (nSPS) is 18.1. The predicted octanol–water partition coefficient (Wildman–Crippen LogP) is 0.358. The lowest BCUT2D eigenvalue weighted by Gasteiger charge is -2.20. The summed E-state index contributed by atoms with van der Waals surface area (Å²) in [4.78, 5) is 32.1. The average molecular weight is 392 g/mol. The molecule has 0 radical (unpaired) electrons. The molecule has 5 N–H and O–H groups in total. The Bertz CT molecular complexity index is 1210. The maximum atomic E-state index is 12.6. The van der Waals surface area contributed by atoms with Crippen LogP contribution < -0.4 is 21.1 Å². The highest BCUT2D eigenvalue weighted by Gasteiger charge is 2.46. The number of rotatable bonds is 3. The summed E-state index contributed by atoms with van der Waals surface area (Å²) in [5.74, 6) is 5.51. The molecule has 1 aliphatic heterocycles. The summed E-state index contributed by atoms with van der Waals surface area (Å²) in [7, 11) is 1.52. The molecule has 146 valence electrons. The van der Waals surface area contributed by atoms with Crippen molar-refractivity contribution in [2.45, 2.75) is 12.1 Å². The standard InChI is InChI=1S/C19H16N6O4/c1-29-13-3-2-12-8-25(16(26)14(12)6-13)9-19(17(27)23-18(28)24-19)5-4-11-7-21-10-22-15(11)20/h2-3,6-8,10,26H,9H2,1H3,(H2,20,21,22)(H2,23,24,27,28)/t19-/m1/s1. The van der Waals surface area contributed by atoms with Crippen LogP contribution in [-0.2, 0) is 11.3 Å². The molecule has 0 bridgehead atoms. The van der Waals surface area contributed by atoms with Crippen LogP contribution in [0.4, 0.5) is 10.6 Å². The maximum absolute atomic E-state index is 12.6. The first kappa shape index (κ1) is 18.1. The molecule has 0 saturated carbocycles. The van der Waals surface area contributed by atoms with Crippen molar-refractivity contribution in [2.24, 2.45) is 0 Å². The summed E-state index contributed by atoms with van der Waals surface area (Å²) >= 11 is 0. The molecule has 3 aromatic rings. The van der Waals surface area contributed by atoms with Gasteiger partial charge in [0.25, 0.3) is 5.91 Å². The van der Waals surface area contributed by atoms with Crippen molar-refractivity contribution in [3.63, 3.8) is 0 Å². The SMILES string of the molecule is COc1ccc2cn(C[C@@]3(C#Cc4cncnc4N)NC(=O)NC3=O)c(O)c2c1. The van der Waals surface area contributed by atoms with E-state index in [1.54, 1.807) is 24.4 Å². The largest absolute Gasteiger partial charge is 0.497 e. The smallest absolute Gasteiger partial charge is 0.323 e. The molecular formula is C19H16N6O4. The second kappa shape index (κ2) is 6.72. The van der Waals surface area contributed by atoms with Gasteiger partial charge in [0, 0.05) is 23.2 Å². The van der Waals surface area contributed by atoms with Crippen molar-refractivity contribution < 1.29 is 19.4 Å². The molecule has 10 nitrogen and oxygen atoms in total. The van der Waals surface area contributed by atoms with Crippen LogP contribution in [0.1, 0.15) is 5.56 Å². The molecule has 1 saturated heterocycles. The predicted molar refractivity (Wildman–Crippen MR) is 103 cm³/mol. The van der Waals surface area contributed by atoms with Gasteiger partial charge in [0.15, 0.2) is 5.88 Å². The molecule has 0 aliphatic carbocycles. The van der Waals surface area contributed by atoms with Crippen LogP contribution in [0.2, 0.25) is 0 Å². The number of benzene rings is 1. The molecule has 1 aliphatic rings. The zero-order chi connectivity index (χ0) is 20.6. The average Bonchev–Trinajstić information content (AvgIpc) is 3.16. The Morgan fingerprint density at radius 3 is 2.90 bits per heavy atom. The fraction of sp³-hybridized carbons (Fsp3) is 0.158. The van der Waals surface area contributed by atoms with Crippen LogP contribution in [0, 0.1) is 11.8 Å². The van der Waals surface area contributed by atoms with Crippen LogP contribution >= 0.6 is 0 Å². The van der Waals surface area contributed by atoms with E-state index in [1.807, 2.05) is 0 Å². The molecule has 1 atom stereocenters. The lowest BCUT2D eigenvalue weighted by Crippen LogP contribution is -2.49. The zero-order valence-corrected chi connectivity index (χ0v) is 15.3. The molecule has 10 heteroatoms. The van der Waals surface area contributed by atoms with E-state index < -0.39 is 17.5 Å². The van der Waals surface area contributed by atoms with Gasteiger partial charge < -0.3 is 25.5 Å². The lowest BCUT2D eigenvalue weighted by molar-refractivity contribution is -0.122. The third-order valence-corrected chi connectivity index (χ3v) is 4.57. The van der Waals surface area contributed by atoms with Gasteiger partial charge in [-0.1, -0.05) is 11.8 Å². The van der Waals surface area contributed by atoms with Crippen molar-refractivity contribution >= 4 is 28.5 Å². The Balaban J connectivity index is 1.77. The molecule has 1 fully saturated rings. The van der Waals surface area contributed by atoms with Gasteiger partial charge in [-0.15, -0.1) is 0 Å². The van der Waals surface area contributed by atoms with E-state index in [1.165, 1.54) is 24.2 Å². The van der Waals surface area contributed by atoms with E-state index in [0.717, 1.165) is 5.39 Å². The Morgan fingerprint density at radius 1 is 1.38 bits per heavy atom. The Kier molecular flexibility index (Phi) is 4.20. The first-order valence-corrected chi connectivity index (χ1v) is 8.50. The van der Waals surface area contributed by atoms with Crippen LogP contribution in [0.25, 0.3) is 10.8 Å². The van der Waals surface area contributed by atoms with Gasteiger partial charge in [-0.3, -0.25) is 10.1 Å². The van der Waals surface area contributed by atoms with Gasteiger partial charge in [0.2, 0.25) is 5.54 Å². The number of nitrogen functional groups attached to an aromatic ring is 1. The molecular weight excluding hydrogens is 376 g/mol. The van der Waals surface area contributed by atoms with Gasteiger partial charge >= 0.3 is 6.03 Å². The lowest BCUT2D eigenvalue weighted by atomic mass is 10.00. The number of amides is 3. The van der Waals surface area contributed by atoms with Crippen molar-refractivity contribution in [1.29, 1.82) is 0 Å². The quantitative estimate of drug-likeness (QED) is 0.372. The van der Waals surface area contributed by atoms with Gasteiger partial charge in [0.05, 0.1) is 19.2 Å². The second-order valence-electron chi connectivity index (χ2n) is 6.42. The van der Waals surface area contributed by atoms with Gasteiger partial charge in [-0.25, -0.2) is 14.8 Å². The highest BCUT2D eigenvalue weighted by molar-refractivity contribution is 6.09. The number of nitrogens with zero attached hydrogens (tertiary/aromatic N) is 3. The van der Waals surface area contributed by atoms with Crippen LogP contribution in [0.15, 0.2) is 36.9 Å². The van der Waals surface area contributed by atoms with E-state index in [9.17, 15) is 14.7 Å². The highest BCUT2D eigenvalue weighted by atomic mass is 16.5.